The number of carboxylic acid groups (broad SMARTS) is 1. The molecule has 350 valence electrons. The lowest BCUT2D eigenvalue weighted by atomic mass is 8.20. The van der Waals surface area contributed by atoms with Gasteiger partial charge in [0.15, 0.2) is 0 Å². The largest absolute Gasteiger partial charge is 0.481 e. The molecule has 0 unspecified atom stereocenters. The van der Waals surface area contributed by atoms with Gasteiger partial charge in [-0.3, -0.25) is 14.4 Å². The summed E-state index contributed by atoms with van der Waals surface area (Å²) < 4.78 is 0. The predicted octanol–water partition coefficient (Wildman–Crippen LogP) is -30.3. The number of carbonyl (C=O) groups is 2. The zero-order valence-corrected chi connectivity index (χ0v) is 59.0. The Morgan fingerprint density at radius 2 is 0.396 bits per heavy atom. The molecule has 0 heterocycles. The van der Waals surface area contributed by atoms with Crippen LogP contribution in [-0.2, 0) is 14.4 Å². The molecule has 0 saturated heterocycles. The molecule has 5 nitrogen and oxygen atoms in total. The Bertz CT molecular complexity index is 1870. The third-order valence-electron chi connectivity index (χ3n) is 20.7. The smallest absolute Gasteiger partial charge is 0.303 e. The number of nitrogens with zero attached hydrogens (tertiary/aromatic N) is 1. The number of hydrogen-bond donors (Lipinski definition) is 1. The highest BCUT2D eigenvalue weighted by atomic mass is 16.7. The molecule has 2 aliphatic rings. The van der Waals surface area contributed by atoms with E-state index in [4.69, 9.17) is 343 Å². The summed E-state index contributed by atoms with van der Waals surface area (Å²) >= 11 is 0. The summed E-state index contributed by atoms with van der Waals surface area (Å²) in [5.74, 6) is 0.607. The monoisotopic (exact) mass is 1170 g/mol. The summed E-state index contributed by atoms with van der Waals surface area (Å²) in [6, 6.07) is 0. The molecular formula is C12H21B84NO4. The standard InChI is InChI=1S/C7H13NO2.C5H8O2.B84/c1-8(10-2)7(9)5-6-3-4-6;6-5(7)3-4-1-2-4;1-44(2)65(43)76(66(45(3)4)46(5)6)81(75(63(39)40)64(41)42)84(82(77(67(47(7)8)48(9)10)68(49(11)12)50(13)14)78(69(51(15)16)52(17)18)70(53(19)20)54(21)22)83(79(71(55(23)24)56(25)26)72(57(27)28)58(29)30)80(73(59(31)32)60(33)34)74(61(35)36)62(37)38/h6H,3-5H2,1-2H3;4H,1-3H2,(H,6,7);. The van der Waals surface area contributed by atoms with E-state index in [1.807, 2.05) is 0 Å². The van der Waals surface area contributed by atoms with Crippen LogP contribution < -0.4 is 0 Å². The van der Waals surface area contributed by atoms with Crippen LogP contribution in [-0.4, -0.2) is 631 Å². The SMILES string of the molecule is CON(C)C(=O)CC1CC1.O=C(O)CC1CC1.[B]B([B])B([B])B(B(B([B])[B])B([B])[B])B(B(B([B])[B])B([B])[B])B(B(B(B(B([B])[B])B([B])[B])B(B([B])[B])B([B])[B])B(B(B([B])[B])B([B])[B])B(B([B])[B])B([B])[B])B(B(B(B([B])[B])B([B])[B])B(B([B])[B])B([B])[B])B(B(B([B])[B])B([B])[B])B(B([B])[B])B([B])[B]. The molecule has 2 saturated carbocycles. The van der Waals surface area contributed by atoms with Gasteiger partial charge >= 0.3 is 5.97 Å². The first-order chi connectivity index (χ1) is 46.2. The van der Waals surface area contributed by atoms with Crippen LogP contribution in [0.1, 0.15) is 38.5 Å². The van der Waals surface area contributed by atoms with Gasteiger partial charge in [-0.25, -0.2) is 5.06 Å². The first kappa shape index (κ1) is 105. The van der Waals surface area contributed by atoms with Gasteiger partial charge in [-0.05, 0) is 37.5 Å². The van der Waals surface area contributed by atoms with Gasteiger partial charge in [0, 0.05) is 614 Å². The number of carboxylic acids is 1. The average molecular weight is 1150 g/mol. The highest BCUT2D eigenvalue weighted by Gasteiger charge is 2.66. The Hall–Kier alpha value is 4.35. The minimum absolute atomic E-state index is 0.0880. The third kappa shape index (κ3) is 32.2. The van der Waals surface area contributed by atoms with Gasteiger partial charge < -0.3 is 5.11 Å². The molecule has 2 rings (SSSR count). The minimum Gasteiger partial charge on any atom is -0.481 e. The van der Waals surface area contributed by atoms with E-state index >= 15 is 0 Å². The molecule has 0 bridgehead atoms. The van der Waals surface area contributed by atoms with Crippen LogP contribution in [0.15, 0.2) is 0 Å². The molecule has 0 aromatic heterocycles. The van der Waals surface area contributed by atoms with Crippen molar-refractivity contribution in [2.24, 2.45) is 11.8 Å². The molecule has 89 heteroatoms. The molecule has 1 amide bonds. The van der Waals surface area contributed by atoms with E-state index in [1.165, 1.54) is 25.0 Å². The van der Waals surface area contributed by atoms with E-state index in [2.05, 4.69) is 0 Å². The van der Waals surface area contributed by atoms with Crippen molar-refractivity contribution >= 4 is 606 Å². The maximum absolute atomic E-state index is 11.0. The summed E-state index contributed by atoms with van der Waals surface area (Å²) in [5, 5.41) is 9.41. The van der Waals surface area contributed by atoms with Crippen LogP contribution in [0, 0.1) is 11.8 Å². The second-order valence-electron chi connectivity index (χ2n) is 28.4. The number of rotatable bonds is 45. The maximum Gasteiger partial charge on any atom is 0.303 e. The maximum atomic E-state index is 11.0. The topological polar surface area (TPSA) is 66.8 Å². The van der Waals surface area contributed by atoms with Gasteiger partial charge in [0.1, 0.15) is 0 Å². The second kappa shape index (κ2) is 50.0. The zero-order valence-electron chi connectivity index (χ0n) is 59.0. The summed E-state index contributed by atoms with van der Waals surface area (Å²) in [6.07, 6.45) is -65.1. The van der Waals surface area contributed by atoms with Gasteiger partial charge in [0.2, 0.25) is 5.91 Å². The number of amides is 1. The van der Waals surface area contributed by atoms with Gasteiger partial charge in [0.25, 0.3) is 0 Å². The Labute approximate surface area is 689 Å². The quantitative estimate of drug-likeness (QED) is 0.0487. The van der Waals surface area contributed by atoms with E-state index < -0.39 is 268 Å². The van der Waals surface area contributed by atoms with Crippen molar-refractivity contribution in [1.82, 2.24) is 5.06 Å². The van der Waals surface area contributed by atoms with Gasteiger partial charge in [-0.2, -0.15) is 0 Å². The summed E-state index contributed by atoms with van der Waals surface area (Å²) in [5.41, 5.74) is 0. The lowest BCUT2D eigenvalue weighted by molar-refractivity contribution is -0.169. The van der Waals surface area contributed by atoms with Crippen molar-refractivity contribution in [3.8, 4) is 0 Å². The fraction of sp³-hybridized carbons (Fsp3) is 0.833. The van der Waals surface area contributed by atoms with E-state index in [-0.39, 0.29) is 5.91 Å². The molecule has 0 aromatic rings. The summed E-state index contributed by atoms with van der Waals surface area (Å²) in [7, 11) is 301. The van der Waals surface area contributed by atoms with E-state index in [0.29, 0.717) is 24.7 Å². The normalized spacial score (nSPS) is 11.2. The summed E-state index contributed by atoms with van der Waals surface area (Å²) in [6.45, 7) is 0. The van der Waals surface area contributed by atoms with Crippen LogP contribution in [0.2, 0.25) is 0 Å². The van der Waals surface area contributed by atoms with Crippen molar-refractivity contribution in [2.45, 2.75) is 38.5 Å². The molecule has 86 radical (unpaired) electrons. The number of hydrogen-bond acceptors (Lipinski definition) is 3. The van der Waals surface area contributed by atoms with E-state index in [1.54, 1.807) is 7.05 Å². The van der Waals surface area contributed by atoms with Gasteiger partial charge in [-0.15, -0.1) is 0 Å². The predicted molar refractivity (Wildman–Crippen MR) is 545 cm³/mol. The lowest BCUT2D eigenvalue weighted by Crippen LogP contribution is -3.00. The lowest BCUT2D eigenvalue weighted by Gasteiger charge is -2.62. The van der Waals surface area contributed by atoms with Gasteiger partial charge in [0.05, 0.1) is 7.11 Å². The Morgan fingerprint density at radius 3 is 0.515 bits per heavy atom. The highest BCUT2D eigenvalue weighted by molar-refractivity contribution is 8.42. The number of aliphatic carboxylic acids is 1. The summed E-state index contributed by atoms with van der Waals surface area (Å²) in [4.78, 5) is 25.6. The van der Waals surface area contributed by atoms with Gasteiger partial charge in [-0.1, -0.05) is 0 Å². The Morgan fingerprint density at radius 1 is 0.257 bits per heavy atom. The first-order valence-corrected chi connectivity index (χ1v) is 33.7. The molecule has 0 aliphatic heterocycles. The van der Waals surface area contributed by atoms with Crippen LogP contribution in [0.5, 0.6) is 0 Å². The van der Waals surface area contributed by atoms with E-state index in [9.17, 15) is 9.59 Å². The Kier molecular flexibility index (Phi) is 52.1. The Balaban J connectivity index is 0.00000507. The fourth-order valence-electron chi connectivity index (χ4n) is 16.3. The van der Waals surface area contributed by atoms with Crippen LogP contribution in [0.4, 0.5) is 0 Å². The minimum atomic E-state index is -2.01. The van der Waals surface area contributed by atoms with Crippen molar-refractivity contribution < 1.29 is 19.5 Å². The van der Waals surface area contributed by atoms with E-state index in [0.717, 1.165) is 12.8 Å². The first-order valence-electron chi connectivity index (χ1n) is 33.7. The molecule has 0 aromatic carbocycles. The second-order valence-corrected chi connectivity index (χ2v) is 28.4. The van der Waals surface area contributed by atoms with Crippen LogP contribution in [0.25, 0.3) is 0 Å². The zero-order chi connectivity index (χ0) is 79.5. The van der Waals surface area contributed by atoms with Crippen molar-refractivity contribution in [3.63, 3.8) is 0 Å². The van der Waals surface area contributed by atoms with Crippen molar-refractivity contribution in [2.75, 3.05) is 14.2 Å². The highest BCUT2D eigenvalue weighted by Crippen LogP contribution is 2.33. The molecule has 0 spiro atoms. The molecule has 1 N–H and O–H groups in total. The number of hydroxylamine groups is 2. The molecule has 2 aliphatic carbocycles. The fourth-order valence-corrected chi connectivity index (χ4v) is 16.3. The number of carbonyl (C=O) groups excluding carboxylic acids is 1. The van der Waals surface area contributed by atoms with Crippen LogP contribution >= 0.6 is 0 Å². The third-order valence-corrected chi connectivity index (χ3v) is 20.7. The molecule has 0 atom stereocenters. The van der Waals surface area contributed by atoms with Crippen LogP contribution in [0.3, 0.4) is 0 Å². The molecule has 2 fully saturated rings. The molecular weight excluding hydrogens is 1130 g/mol. The molecule has 101 heavy (non-hydrogen) atoms. The van der Waals surface area contributed by atoms with Crippen molar-refractivity contribution in [1.29, 1.82) is 0 Å². The average Bonchev–Trinajstić information content (AvgIpc) is 1.36. The van der Waals surface area contributed by atoms with Crippen molar-refractivity contribution in [3.05, 3.63) is 0 Å².